The summed E-state index contributed by atoms with van der Waals surface area (Å²) in [6, 6.07) is 6.05. The number of halogens is 1. The third-order valence-electron chi connectivity index (χ3n) is 3.05. The van der Waals surface area contributed by atoms with Crippen LogP contribution in [0.25, 0.3) is 0 Å². The van der Waals surface area contributed by atoms with Crippen LogP contribution in [0.4, 0.5) is 5.69 Å². The van der Waals surface area contributed by atoms with Crippen molar-refractivity contribution in [1.82, 2.24) is 0 Å². The van der Waals surface area contributed by atoms with Crippen molar-refractivity contribution in [2.24, 2.45) is 5.92 Å². The lowest BCUT2D eigenvalue weighted by molar-refractivity contribution is 0.415. The van der Waals surface area contributed by atoms with Crippen LogP contribution in [0.1, 0.15) is 27.2 Å². The van der Waals surface area contributed by atoms with Crippen molar-refractivity contribution < 1.29 is 4.74 Å². The van der Waals surface area contributed by atoms with Gasteiger partial charge in [0.05, 0.1) is 17.8 Å². The van der Waals surface area contributed by atoms with Crippen molar-refractivity contribution in [1.29, 1.82) is 0 Å². The SMILES string of the molecule is CCC(C)C(C)Nc1cc(OC)ccc1Cl. The van der Waals surface area contributed by atoms with Gasteiger partial charge < -0.3 is 10.1 Å². The average Bonchev–Trinajstić information content (AvgIpc) is 2.30. The van der Waals surface area contributed by atoms with Crippen molar-refractivity contribution >= 4 is 17.3 Å². The van der Waals surface area contributed by atoms with Crippen LogP contribution in [0, 0.1) is 5.92 Å². The maximum absolute atomic E-state index is 6.13. The largest absolute Gasteiger partial charge is 0.497 e. The van der Waals surface area contributed by atoms with E-state index in [0.717, 1.165) is 22.9 Å². The molecule has 2 unspecified atom stereocenters. The van der Waals surface area contributed by atoms with Gasteiger partial charge in [-0.3, -0.25) is 0 Å². The summed E-state index contributed by atoms with van der Waals surface area (Å²) in [5, 5.41) is 4.16. The molecule has 0 aliphatic heterocycles. The quantitative estimate of drug-likeness (QED) is 0.835. The minimum Gasteiger partial charge on any atom is -0.497 e. The molecule has 0 fully saturated rings. The number of ether oxygens (including phenoxy) is 1. The first-order valence-corrected chi connectivity index (χ1v) is 6.06. The van der Waals surface area contributed by atoms with E-state index in [1.54, 1.807) is 7.11 Å². The molecule has 1 aromatic rings. The van der Waals surface area contributed by atoms with Gasteiger partial charge >= 0.3 is 0 Å². The minimum absolute atomic E-state index is 0.398. The second kappa shape index (κ2) is 6.00. The Hall–Kier alpha value is -0.890. The summed E-state index contributed by atoms with van der Waals surface area (Å²) < 4.78 is 5.18. The Morgan fingerprint density at radius 1 is 1.38 bits per heavy atom. The zero-order chi connectivity index (χ0) is 12.1. The van der Waals surface area contributed by atoms with Gasteiger partial charge in [0.15, 0.2) is 0 Å². The van der Waals surface area contributed by atoms with E-state index < -0.39 is 0 Å². The van der Waals surface area contributed by atoms with E-state index in [0.29, 0.717) is 12.0 Å². The monoisotopic (exact) mass is 241 g/mol. The van der Waals surface area contributed by atoms with E-state index in [9.17, 15) is 0 Å². The Morgan fingerprint density at radius 2 is 2.06 bits per heavy atom. The number of hydrogen-bond donors (Lipinski definition) is 1. The molecule has 16 heavy (non-hydrogen) atoms. The molecule has 0 bridgehead atoms. The van der Waals surface area contributed by atoms with Crippen molar-refractivity contribution in [3.8, 4) is 5.75 Å². The smallest absolute Gasteiger partial charge is 0.121 e. The van der Waals surface area contributed by atoms with Gasteiger partial charge in [0, 0.05) is 12.1 Å². The van der Waals surface area contributed by atoms with Crippen LogP contribution in [-0.4, -0.2) is 13.2 Å². The molecule has 2 atom stereocenters. The third-order valence-corrected chi connectivity index (χ3v) is 3.38. The lowest BCUT2D eigenvalue weighted by Gasteiger charge is -2.22. The normalized spacial score (nSPS) is 14.3. The van der Waals surface area contributed by atoms with Crippen LogP contribution >= 0.6 is 11.6 Å². The molecule has 1 N–H and O–H groups in total. The van der Waals surface area contributed by atoms with Crippen LogP contribution in [0.15, 0.2) is 18.2 Å². The minimum atomic E-state index is 0.398. The molecule has 2 nitrogen and oxygen atoms in total. The molecule has 90 valence electrons. The van der Waals surface area contributed by atoms with E-state index >= 15 is 0 Å². The summed E-state index contributed by atoms with van der Waals surface area (Å²) in [4.78, 5) is 0. The van der Waals surface area contributed by atoms with Gasteiger partial charge in [-0.1, -0.05) is 31.9 Å². The predicted molar refractivity (Wildman–Crippen MR) is 70.5 cm³/mol. The first kappa shape index (κ1) is 13.2. The van der Waals surface area contributed by atoms with E-state index in [2.05, 4.69) is 26.1 Å². The van der Waals surface area contributed by atoms with Gasteiger partial charge in [0.2, 0.25) is 0 Å². The van der Waals surface area contributed by atoms with Gasteiger partial charge in [-0.25, -0.2) is 0 Å². The summed E-state index contributed by atoms with van der Waals surface area (Å²) in [6.07, 6.45) is 1.15. The highest BCUT2D eigenvalue weighted by Gasteiger charge is 2.11. The molecule has 0 saturated carbocycles. The maximum atomic E-state index is 6.13. The number of rotatable bonds is 5. The second-order valence-corrected chi connectivity index (χ2v) is 4.57. The highest BCUT2D eigenvalue weighted by atomic mass is 35.5. The molecule has 0 aliphatic rings. The Kier molecular flexibility index (Phi) is 4.94. The van der Waals surface area contributed by atoms with E-state index in [1.807, 2.05) is 18.2 Å². The van der Waals surface area contributed by atoms with Crippen molar-refractivity contribution in [3.05, 3.63) is 23.2 Å². The first-order valence-electron chi connectivity index (χ1n) is 5.68. The van der Waals surface area contributed by atoms with Crippen molar-refractivity contribution in [2.45, 2.75) is 33.2 Å². The van der Waals surface area contributed by atoms with Gasteiger partial charge in [0.1, 0.15) is 5.75 Å². The topological polar surface area (TPSA) is 21.3 Å². The summed E-state index contributed by atoms with van der Waals surface area (Å²) >= 11 is 6.13. The van der Waals surface area contributed by atoms with Gasteiger partial charge in [0.25, 0.3) is 0 Å². The Labute approximate surface area is 103 Å². The predicted octanol–water partition coefficient (Wildman–Crippen LogP) is 4.20. The second-order valence-electron chi connectivity index (χ2n) is 4.16. The van der Waals surface area contributed by atoms with E-state index in [1.165, 1.54) is 0 Å². The van der Waals surface area contributed by atoms with Gasteiger partial charge in [-0.15, -0.1) is 0 Å². The average molecular weight is 242 g/mol. The standard InChI is InChI=1S/C13H20ClNO/c1-5-9(2)10(3)15-13-8-11(16-4)6-7-12(13)14/h6-10,15H,5H2,1-4H3. The fraction of sp³-hybridized carbons (Fsp3) is 0.538. The molecule has 0 aromatic heterocycles. The van der Waals surface area contributed by atoms with Gasteiger partial charge in [-0.05, 0) is 25.0 Å². The van der Waals surface area contributed by atoms with Crippen LogP contribution in [0.3, 0.4) is 0 Å². The molecule has 0 heterocycles. The number of nitrogens with one attached hydrogen (secondary N) is 1. The van der Waals surface area contributed by atoms with Crippen LogP contribution in [0.2, 0.25) is 5.02 Å². The van der Waals surface area contributed by atoms with Gasteiger partial charge in [-0.2, -0.15) is 0 Å². The molecule has 0 radical (unpaired) electrons. The summed E-state index contributed by atoms with van der Waals surface area (Å²) in [7, 11) is 1.66. The summed E-state index contributed by atoms with van der Waals surface area (Å²) in [6.45, 7) is 6.59. The Morgan fingerprint density at radius 3 is 2.62 bits per heavy atom. The summed E-state index contributed by atoms with van der Waals surface area (Å²) in [5.74, 6) is 1.44. The molecule has 0 aliphatic carbocycles. The van der Waals surface area contributed by atoms with Crippen LogP contribution in [-0.2, 0) is 0 Å². The Balaban J connectivity index is 2.79. The number of methoxy groups -OCH3 is 1. The fourth-order valence-electron chi connectivity index (χ4n) is 1.48. The third kappa shape index (κ3) is 3.31. The molecule has 3 heteroatoms. The van der Waals surface area contributed by atoms with Crippen molar-refractivity contribution in [3.63, 3.8) is 0 Å². The highest BCUT2D eigenvalue weighted by Crippen LogP contribution is 2.28. The molecule has 0 saturated heterocycles. The molecule has 0 spiro atoms. The maximum Gasteiger partial charge on any atom is 0.121 e. The van der Waals surface area contributed by atoms with Crippen molar-refractivity contribution in [2.75, 3.05) is 12.4 Å². The molecular formula is C13H20ClNO. The lowest BCUT2D eigenvalue weighted by atomic mass is 10.0. The summed E-state index contributed by atoms with van der Waals surface area (Å²) in [5.41, 5.74) is 0.939. The molecular weight excluding hydrogens is 222 g/mol. The first-order chi connectivity index (χ1) is 7.58. The zero-order valence-electron chi connectivity index (χ0n) is 10.4. The van der Waals surface area contributed by atoms with E-state index in [4.69, 9.17) is 16.3 Å². The highest BCUT2D eigenvalue weighted by molar-refractivity contribution is 6.33. The fourth-order valence-corrected chi connectivity index (χ4v) is 1.66. The molecule has 1 aromatic carbocycles. The van der Waals surface area contributed by atoms with E-state index in [-0.39, 0.29) is 0 Å². The van der Waals surface area contributed by atoms with Crippen LogP contribution in [0.5, 0.6) is 5.75 Å². The Bertz CT molecular complexity index is 341. The number of anilines is 1. The molecule has 0 amide bonds. The lowest BCUT2D eigenvalue weighted by Crippen LogP contribution is -2.23. The number of hydrogen-bond acceptors (Lipinski definition) is 2. The molecule has 1 rings (SSSR count). The zero-order valence-corrected chi connectivity index (χ0v) is 11.1. The van der Waals surface area contributed by atoms with Crippen LogP contribution < -0.4 is 10.1 Å². The number of benzene rings is 1.